The Morgan fingerprint density at radius 3 is 2.37 bits per heavy atom. The molecule has 0 N–H and O–H groups in total. The predicted octanol–water partition coefficient (Wildman–Crippen LogP) is 2.60. The summed E-state index contributed by atoms with van der Waals surface area (Å²) >= 11 is 0. The second-order valence-electron chi connectivity index (χ2n) is 5.79. The third-order valence-electron chi connectivity index (χ3n) is 3.02. The van der Waals surface area contributed by atoms with Crippen molar-refractivity contribution in [3.8, 4) is 0 Å². The van der Waals surface area contributed by atoms with Gasteiger partial charge < -0.3 is 0 Å². The molecule has 0 amide bonds. The van der Waals surface area contributed by atoms with E-state index in [1.54, 1.807) is 0 Å². The van der Waals surface area contributed by atoms with E-state index in [-0.39, 0.29) is 5.54 Å². The van der Waals surface area contributed by atoms with Crippen molar-refractivity contribution in [1.29, 1.82) is 0 Å². The van der Waals surface area contributed by atoms with Gasteiger partial charge in [0.15, 0.2) is 5.88 Å². The zero-order valence-corrected chi connectivity index (χ0v) is 12.8. The topological polar surface area (TPSA) is 25.9 Å². The maximum atomic E-state index is 12.3. The first kappa shape index (κ1) is 14.0. The van der Waals surface area contributed by atoms with Crippen molar-refractivity contribution >= 4 is 10.8 Å². The van der Waals surface area contributed by atoms with Crippen molar-refractivity contribution in [1.82, 2.24) is 4.57 Å². The van der Waals surface area contributed by atoms with Crippen molar-refractivity contribution in [3.05, 3.63) is 48.5 Å². The Kier molecular flexibility index (Phi) is 3.90. The van der Waals surface area contributed by atoms with Gasteiger partial charge in [-0.05, 0) is 39.8 Å². The number of hydrogen-bond donors (Lipinski definition) is 0. The fourth-order valence-electron chi connectivity index (χ4n) is 1.77. The lowest BCUT2D eigenvalue weighted by molar-refractivity contribution is -0.676. The van der Waals surface area contributed by atoms with Crippen LogP contribution in [0.1, 0.15) is 26.3 Å². The van der Waals surface area contributed by atoms with Gasteiger partial charge in [0.25, 0.3) is 0 Å². The first-order valence-electron chi connectivity index (χ1n) is 6.39. The standard InChI is InChI=1S/C15H21N2OS/c1-13-5-7-14(8-6-13)19(18)12-16-9-10-17(11-16)15(2,3)4/h5-11H,12H2,1-4H3/q+1. The highest BCUT2D eigenvalue weighted by Gasteiger charge is 2.19. The summed E-state index contributed by atoms with van der Waals surface area (Å²) in [6, 6.07) is 7.87. The van der Waals surface area contributed by atoms with E-state index in [0.29, 0.717) is 5.88 Å². The van der Waals surface area contributed by atoms with Gasteiger partial charge in [-0.1, -0.05) is 17.7 Å². The zero-order valence-electron chi connectivity index (χ0n) is 12.0. The summed E-state index contributed by atoms with van der Waals surface area (Å²) in [5.41, 5.74) is 1.24. The fraction of sp³-hybridized carbons (Fsp3) is 0.400. The van der Waals surface area contributed by atoms with E-state index >= 15 is 0 Å². The number of benzene rings is 1. The Hall–Kier alpha value is -1.42. The SMILES string of the molecule is Cc1ccc(S(=O)C[n+]2ccn(C(C)(C)C)c2)cc1. The van der Waals surface area contributed by atoms with Gasteiger partial charge in [0, 0.05) is 4.90 Å². The average Bonchev–Trinajstić information content (AvgIpc) is 2.78. The molecule has 0 saturated heterocycles. The van der Waals surface area contributed by atoms with Crippen LogP contribution in [0.4, 0.5) is 0 Å². The third-order valence-corrected chi connectivity index (χ3v) is 4.35. The van der Waals surface area contributed by atoms with E-state index in [9.17, 15) is 4.21 Å². The number of nitrogens with zero attached hydrogens (tertiary/aromatic N) is 2. The molecule has 0 aliphatic heterocycles. The molecule has 1 atom stereocenters. The van der Waals surface area contributed by atoms with E-state index < -0.39 is 10.8 Å². The zero-order chi connectivity index (χ0) is 14.0. The molecule has 102 valence electrons. The number of hydrogen-bond acceptors (Lipinski definition) is 1. The van der Waals surface area contributed by atoms with E-state index in [1.165, 1.54) is 5.56 Å². The van der Waals surface area contributed by atoms with Gasteiger partial charge in [0.1, 0.15) is 17.9 Å². The second kappa shape index (κ2) is 5.29. The molecule has 19 heavy (non-hydrogen) atoms. The molecular formula is C15H21N2OS+. The summed E-state index contributed by atoms with van der Waals surface area (Å²) in [6.45, 7) is 8.47. The Bertz CT molecular complexity index is 579. The van der Waals surface area contributed by atoms with Crippen LogP contribution in [0, 0.1) is 6.92 Å². The fourth-order valence-corrected chi connectivity index (χ4v) is 2.78. The summed E-state index contributed by atoms with van der Waals surface area (Å²) in [7, 11) is -1.01. The molecule has 1 aromatic heterocycles. The molecule has 0 aliphatic rings. The maximum absolute atomic E-state index is 12.3. The van der Waals surface area contributed by atoms with E-state index in [4.69, 9.17) is 0 Å². The highest BCUT2D eigenvalue weighted by molar-refractivity contribution is 7.83. The molecule has 0 bridgehead atoms. The van der Waals surface area contributed by atoms with Gasteiger partial charge in [0.05, 0.1) is 10.8 Å². The van der Waals surface area contributed by atoms with Gasteiger partial charge in [-0.15, -0.1) is 0 Å². The highest BCUT2D eigenvalue weighted by atomic mass is 32.2. The summed E-state index contributed by atoms with van der Waals surface area (Å²) in [6.07, 6.45) is 6.00. The first-order chi connectivity index (χ1) is 8.86. The normalized spacial score (nSPS) is 13.5. The third kappa shape index (κ3) is 3.53. The molecule has 0 fully saturated rings. The van der Waals surface area contributed by atoms with Crippen LogP contribution in [0.5, 0.6) is 0 Å². The van der Waals surface area contributed by atoms with Crippen LogP contribution in [0.25, 0.3) is 0 Å². The molecule has 3 nitrogen and oxygen atoms in total. The molecule has 1 aromatic carbocycles. The quantitative estimate of drug-likeness (QED) is 0.792. The number of aromatic nitrogens is 2. The van der Waals surface area contributed by atoms with Crippen LogP contribution in [-0.4, -0.2) is 8.78 Å². The van der Waals surface area contributed by atoms with Crippen molar-refractivity contribution in [3.63, 3.8) is 0 Å². The highest BCUT2D eigenvalue weighted by Crippen LogP contribution is 2.12. The Balaban J connectivity index is 2.11. The predicted molar refractivity (Wildman–Crippen MR) is 77.2 cm³/mol. The smallest absolute Gasteiger partial charge is 0.244 e. The molecule has 2 rings (SSSR count). The molecule has 1 heterocycles. The second-order valence-corrected chi connectivity index (χ2v) is 7.21. The molecule has 2 aromatic rings. The molecule has 0 radical (unpaired) electrons. The van der Waals surface area contributed by atoms with Crippen molar-refractivity contribution < 1.29 is 8.78 Å². The van der Waals surface area contributed by atoms with Crippen molar-refractivity contribution in [2.75, 3.05) is 0 Å². The number of aryl methyl sites for hydroxylation is 1. The number of imidazole rings is 1. The Morgan fingerprint density at radius 2 is 1.84 bits per heavy atom. The molecular weight excluding hydrogens is 256 g/mol. The van der Waals surface area contributed by atoms with E-state index in [1.807, 2.05) is 54.5 Å². The van der Waals surface area contributed by atoms with Gasteiger partial charge in [-0.3, -0.25) is 4.21 Å². The minimum Gasteiger partial charge on any atom is -0.250 e. The maximum Gasteiger partial charge on any atom is 0.244 e. The summed E-state index contributed by atoms with van der Waals surface area (Å²) < 4.78 is 16.4. The molecule has 4 heteroatoms. The molecule has 0 aliphatic carbocycles. The Morgan fingerprint density at radius 1 is 1.21 bits per heavy atom. The van der Waals surface area contributed by atoms with Crippen LogP contribution in [0.3, 0.4) is 0 Å². The van der Waals surface area contributed by atoms with Crippen LogP contribution >= 0.6 is 0 Å². The van der Waals surface area contributed by atoms with Crippen LogP contribution in [0.15, 0.2) is 47.9 Å². The van der Waals surface area contributed by atoms with Crippen LogP contribution < -0.4 is 4.57 Å². The Labute approximate surface area is 117 Å². The molecule has 0 spiro atoms. The minimum atomic E-state index is -1.01. The lowest BCUT2D eigenvalue weighted by Gasteiger charge is -2.13. The number of rotatable bonds is 3. The first-order valence-corrected chi connectivity index (χ1v) is 7.71. The summed E-state index contributed by atoms with van der Waals surface area (Å²) in [4.78, 5) is 0.876. The van der Waals surface area contributed by atoms with Crippen molar-refractivity contribution in [2.24, 2.45) is 0 Å². The van der Waals surface area contributed by atoms with E-state index in [0.717, 1.165) is 4.90 Å². The van der Waals surface area contributed by atoms with Crippen LogP contribution in [0.2, 0.25) is 0 Å². The van der Waals surface area contributed by atoms with Gasteiger partial charge >= 0.3 is 0 Å². The lowest BCUT2D eigenvalue weighted by atomic mass is 10.1. The van der Waals surface area contributed by atoms with Gasteiger partial charge in [0.2, 0.25) is 6.33 Å². The molecule has 0 saturated carbocycles. The van der Waals surface area contributed by atoms with Crippen molar-refractivity contribution in [2.45, 2.75) is 44.0 Å². The van der Waals surface area contributed by atoms with Crippen LogP contribution in [-0.2, 0) is 22.2 Å². The average molecular weight is 277 g/mol. The minimum absolute atomic E-state index is 0.0522. The summed E-state index contributed by atoms with van der Waals surface area (Å²) in [5.74, 6) is 0.492. The molecule has 1 unspecified atom stereocenters. The lowest BCUT2D eigenvalue weighted by Crippen LogP contribution is -2.34. The van der Waals surface area contributed by atoms with E-state index in [2.05, 4.69) is 25.3 Å². The van der Waals surface area contributed by atoms with Gasteiger partial charge in [-0.25, -0.2) is 9.13 Å². The monoisotopic (exact) mass is 277 g/mol. The largest absolute Gasteiger partial charge is 0.250 e. The summed E-state index contributed by atoms with van der Waals surface area (Å²) in [5, 5.41) is 0. The van der Waals surface area contributed by atoms with Gasteiger partial charge in [-0.2, -0.15) is 0 Å².